The summed E-state index contributed by atoms with van der Waals surface area (Å²) in [4.78, 5) is 54.7. The fourth-order valence-electron chi connectivity index (χ4n) is 5.86. The number of esters is 1. The molecule has 8 heteroatoms. The number of piperidine rings is 1. The number of rotatable bonds is 6. The second-order valence-electron chi connectivity index (χ2n) is 9.44. The Morgan fingerprint density at radius 1 is 0.914 bits per heavy atom. The molecule has 3 heterocycles. The Morgan fingerprint density at radius 3 is 2.06 bits per heavy atom. The van der Waals surface area contributed by atoms with Gasteiger partial charge in [0, 0.05) is 12.1 Å². The van der Waals surface area contributed by atoms with E-state index in [2.05, 4.69) is 0 Å². The number of fused-ring (bicyclic) bond motifs is 3. The van der Waals surface area contributed by atoms with E-state index in [1.54, 1.807) is 24.3 Å². The molecule has 2 saturated heterocycles. The molecule has 0 saturated carbocycles. The highest BCUT2D eigenvalue weighted by atomic mass is 16.6. The van der Waals surface area contributed by atoms with E-state index in [0.29, 0.717) is 24.0 Å². The van der Waals surface area contributed by atoms with Crippen LogP contribution < -0.4 is 0 Å². The molecule has 2 aromatic rings. The molecule has 0 N–H and O–H groups in total. The van der Waals surface area contributed by atoms with Crippen molar-refractivity contribution in [3.8, 4) is 0 Å². The van der Waals surface area contributed by atoms with Crippen LogP contribution in [0.5, 0.6) is 0 Å². The van der Waals surface area contributed by atoms with Gasteiger partial charge in [-0.05, 0) is 49.3 Å². The molecule has 182 valence electrons. The number of imide groups is 1. The van der Waals surface area contributed by atoms with Gasteiger partial charge in [-0.2, -0.15) is 0 Å². The van der Waals surface area contributed by atoms with Crippen LogP contribution in [0.15, 0.2) is 54.6 Å². The van der Waals surface area contributed by atoms with Gasteiger partial charge in [-0.3, -0.25) is 19.3 Å². The highest BCUT2D eigenvalue weighted by Gasteiger charge is 2.50. The highest BCUT2D eigenvalue weighted by Crippen LogP contribution is 2.43. The van der Waals surface area contributed by atoms with E-state index in [4.69, 9.17) is 9.47 Å². The average Bonchev–Trinajstić information content (AvgIpc) is 3.30. The number of nitrogens with zero attached hydrogens (tertiary/aromatic N) is 2. The molecule has 3 aliphatic heterocycles. The van der Waals surface area contributed by atoms with E-state index in [0.717, 1.165) is 18.4 Å². The highest BCUT2D eigenvalue weighted by molar-refractivity contribution is 6.21. The van der Waals surface area contributed by atoms with E-state index < -0.39 is 12.0 Å². The first-order valence-electron chi connectivity index (χ1n) is 12.0. The van der Waals surface area contributed by atoms with Gasteiger partial charge in [-0.1, -0.05) is 42.5 Å². The normalized spacial score (nSPS) is 23.7. The number of hydrogen-bond donors (Lipinski definition) is 0. The van der Waals surface area contributed by atoms with E-state index >= 15 is 0 Å². The Bertz CT molecular complexity index is 1100. The molecule has 2 fully saturated rings. The average molecular weight is 477 g/mol. The van der Waals surface area contributed by atoms with Gasteiger partial charge >= 0.3 is 12.1 Å². The van der Waals surface area contributed by atoms with Crippen molar-refractivity contribution in [2.45, 2.75) is 56.8 Å². The number of hydrogen-bond acceptors (Lipinski definition) is 6. The van der Waals surface area contributed by atoms with Gasteiger partial charge in [-0.25, -0.2) is 4.79 Å². The SMILES string of the molecule is COC(=O)CC(C1CC2CCC(C1)N2C(=O)OCc1ccccc1)N1C(=O)c2ccccc2C1=O. The Hall–Kier alpha value is -3.68. The van der Waals surface area contributed by atoms with Gasteiger partial charge in [0.25, 0.3) is 11.8 Å². The third-order valence-electron chi connectivity index (χ3n) is 7.49. The molecule has 3 amide bonds. The number of carbonyl (C=O) groups excluding carboxylic acids is 4. The standard InChI is InChI=1S/C27H28N2O6/c1-34-24(30)15-23(29-25(31)21-9-5-6-10-22(21)26(29)32)18-13-19-11-12-20(14-18)28(19)27(33)35-16-17-7-3-2-4-8-17/h2-10,18-20,23H,11-16H2,1H3. The van der Waals surface area contributed by atoms with Crippen molar-refractivity contribution >= 4 is 23.9 Å². The molecule has 2 bridgehead atoms. The fraction of sp³-hybridized carbons (Fsp3) is 0.407. The second kappa shape index (κ2) is 9.52. The molecule has 8 nitrogen and oxygen atoms in total. The Kier molecular flexibility index (Phi) is 6.28. The maximum absolute atomic E-state index is 13.2. The van der Waals surface area contributed by atoms with Crippen molar-refractivity contribution in [1.82, 2.24) is 9.80 Å². The minimum absolute atomic E-state index is 0.0580. The molecule has 2 aromatic carbocycles. The maximum atomic E-state index is 13.2. The largest absolute Gasteiger partial charge is 0.469 e. The number of methoxy groups -OCH3 is 1. The third-order valence-corrected chi connectivity index (χ3v) is 7.49. The summed E-state index contributed by atoms with van der Waals surface area (Å²) in [7, 11) is 1.30. The lowest BCUT2D eigenvalue weighted by molar-refractivity contribution is -0.142. The predicted molar refractivity (Wildman–Crippen MR) is 125 cm³/mol. The van der Waals surface area contributed by atoms with Crippen molar-refractivity contribution in [3.63, 3.8) is 0 Å². The number of ether oxygens (including phenoxy) is 2. The molecule has 0 radical (unpaired) electrons. The minimum atomic E-state index is -0.625. The van der Waals surface area contributed by atoms with Crippen molar-refractivity contribution < 1.29 is 28.7 Å². The molecule has 3 unspecified atom stereocenters. The lowest BCUT2D eigenvalue weighted by atomic mass is 9.82. The molecule has 3 aliphatic rings. The van der Waals surface area contributed by atoms with Crippen LogP contribution in [0.4, 0.5) is 4.79 Å². The van der Waals surface area contributed by atoms with Gasteiger partial charge in [-0.15, -0.1) is 0 Å². The zero-order chi connectivity index (χ0) is 24.5. The molecule has 0 spiro atoms. The predicted octanol–water partition coefficient (Wildman–Crippen LogP) is 3.79. The van der Waals surface area contributed by atoms with Crippen molar-refractivity contribution in [2.75, 3.05) is 7.11 Å². The first-order chi connectivity index (χ1) is 17.0. The van der Waals surface area contributed by atoms with E-state index in [-0.39, 0.29) is 48.9 Å². The fourth-order valence-corrected chi connectivity index (χ4v) is 5.86. The quantitative estimate of drug-likeness (QED) is 0.465. The summed E-state index contributed by atoms with van der Waals surface area (Å²) >= 11 is 0. The van der Waals surface area contributed by atoms with Crippen LogP contribution in [0.1, 0.15) is 58.4 Å². The van der Waals surface area contributed by atoms with Crippen LogP contribution in [0.3, 0.4) is 0 Å². The Labute approximate surface area is 203 Å². The number of carbonyl (C=O) groups is 4. The Balaban J connectivity index is 1.33. The van der Waals surface area contributed by atoms with Crippen LogP contribution in [0, 0.1) is 5.92 Å². The summed E-state index contributed by atoms with van der Waals surface area (Å²) in [5.74, 6) is -1.34. The first kappa shape index (κ1) is 23.1. The van der Waals surface area contributed by atoms with E-state index in [9.17, 15) is 19.2 Å². The molecule has 3 atom stereocenters. The molecule has 5 rings (SSSR count). The van der Waals surface area contributed by atoms with Gasteiger partial charge in [0.05, 0.1) is 30.7 Å². The van der Waals surface area contributed by atoms with Gasteiger partial charge in [0.1, 0.15) is 6.61 Å². The van der Waals surface area contributed by atoms with Gasteiger partial charge in [0.2, 0.25) is 0 Å². The van der Waals surface area contributed by atoms with Crippen molar-refractivity contribution in [1.29, 1.82) is 0 Å². The molecule has 0 aromatic heterocycles. The van der Waals surface area contributed by atoms with Gasteiger partial charge in [0.15, 0.2) is 0 Å². The minimum Gasteiger partial charge on any atom is -0.469 e. The number of amides is 3. The molecule has 0 aliphatic carbocycles. The zero-order valence-electron chi connectivity index (χ0n) is 19.6. The van der Waals surface area contributed by atoms with Crippen LogP contribution in [0.25, 0.3) is 0 Å². The van der Waals surface area contributed by atoms with E-state index in [1.807, 2.05) is 35.2 Å². The Morgan fingerprint density at radius 2 is 1.49 bits per heavy atom. The zero-order valence-corrected chi connectivity index (χ0v) is 19.6. The molecular weight excluding hydrogens is 448 g/mol. The summed E-state index contributed by atoms with van der Waals surface area (Å²) in [6.45, 7) is 0.207. The van der Waals surface area contributed by atoms with Crippen molar-refractivity contribution in [2.24, 2.45) is 5.92 Å². The first-order valence-corrected chi connectivity index (χ1v) is 12.0. The van der Waals surface area contributed by atoms with Crippen LogP contribution in [-0.2, 0) is 20.9 Å². The monoisotopic (exact) mass is 476 g/mol. The second-order valence-corrected chi connectivity index (χ2v) is 9.44. The molecule has 35 heavy (non-hydrogen) atoms. The summed E-state index contributed by atoms with van der Waals surface area (Å²) in [6.07, 6.45) is 2.43. The van der Waals surface area contributed by atoms with Crippen LogP contribution in [-0.4, -0.2) is 58.9 Å². The van der Waals surface area contributed by atoms with Crippen LogP contribution in [0.2, 0.25) is 0 Å². The summed E-state index contributed by atoms with van der Waals surface area (Å²) in [5, 5.41) is 0. The summed E-state index contributed by atoms with van der Waals surface area (Å²) in [5.41, 5.74) is 1.64. The van der Waals surface area contributed by atoms with Gasteiger partial charge < -0.3 is 14.4 Å². The lowest BCUT2D eigenvalue weighted by Crippen LogP contribution is -2.53. The summed E-state index contributed by atoms with van der Waals surface area (Å²) < 4.78 is 10.5. The summed E-state index contributed by atoms with van der Waals surface area (Å²) in [6, 6.07) is 15.5. The topological polar surface area (TPSA) is 93.2 Å². The van der Waals surface area contributed by atoms with E-state index in [1.165, 1.54) is 12.0 Å². The molecular formula is C27H28N2O6. The third kappa shape index (κ3) is 4.29. The smallest absolute Gasteiger partial charge is 0.410 e. The maximum Gasteiger partial charge on any atom is 0.410 e. The lowest BCUT2D eigenvalue weighted by Gasteiger charge is -2.42. The van der Waals surface area contributed by atoms with Crippen LogP contribution >= 0.6 is 0 Å². The van der Waals surface area contributed by atoms with Crippen molar-refractivity contribution in [3.05, 3.63) is 71.3 Å². The number of benzene rings is 2.